The van der Waals surface area contributed by atoms with Crippen molar-refractivity contribution in [1.29, 1.82) is 0 Å². The number of carbonyl (C=O) groups is 1. The molecule has 0 bridgehead atoms. The van der Waals surface area contributed by atoms with Gasteiger partial charge in [0.25, 0.3) is 5.91 Å². The topological polar surface area (TPSA) is 79.2 Å². The van der Waals surface area contributed by atoms with Crippen molar-refractivity contribution in [1.82, 2.24) is 4.90 Å². The van der Waals surface area contributed by atoms with E-state index in [9.17, 15) is 15.0 Å². The first-order valence-electron chi connectivity index (χ1n) is 8.67. The maximum atomic E-state index is 12.8. The fourth-order valence-electron chi connectivity index (χ4n) is 4.17. The smallest absolute Gasteiger partial charge is 0.257 e. The van der Waals surface area contributed by atoms with Gasteiger partial charge in [-0.2, -0.15) is 0 Å². The number of aliphatic hydroxyl groups excluding tert-OH is 2. The molecule has 2 aliphatic heterocycles. The van der Waals surface area contributed by atoms with Crippen molar-refractivity contribution in [3.05, 3.63) is 35.9 Å². The fourth-order valence-corrected chi connectivity index (χ4v) is 4.17. The van der Waals surface area contributed by atoms with Gasteiger partial charge in [0.15, 0.2) is 18.1 Å². The quantitative estimate of drug-likeness (QED) is 0.872. The molecule has 1 aliphatic carbocycles. The highest BCUT2D eigenvalue weighted by Gasteiger charge is 2.61. The van der Waals surface area contributed by atoms with E-state index in [0.717, 1.165) is 37.7 Å². The summed E-state index contributed by atoms with van der Waals surface area (Å²) in [6.07, 6.45) is 2.12. The largest absolute Gasteiger partial charge is 0.394 e. The van der Waals surface area contributed by atoms with Gasteiger partial charge in [0.1, 0.15) is 6.10 Å². The van der Waals surface area contributed by atoms with Crippen molar-refractivity contribution in [3.8, 4) is 0 Å². The van der Waals surface area contributed by atoms with Gasteiger partial charge in [-0.15, -0.1) is 0 Å². The van der Waals surface area contributed by atoms with Gasteiger partial charge in [-0.05, 0) is 18.4 Å². The summed E-state index contributed by atoms with van der Waals surface area (Å²) >= 11 is 0. The molecular formula is C18H23NO5. The lowest BCUT2D eigenvalue weighted by atomic mass is 9.94. The van der Waals surface area contributed by atoms with Gasteiger partial charge in [-0.25, -0.2) is 0 Å². The molecule has 2 saturated heterocycles. The Labute approximate surface area is 141 Å². The summed E-state index contributed by atoms with van der Waals surface area (Å²) < 4.78 is 12.0. The normalized spacial score (nSPS) is 33.0. The van der Waals surface area contributed by atoms with Crippen LogP contribution in [0.15, 0.2) is 30.3 Å². The summed E-state index contributed by atoms with van der Waals surface area (Å²) in [4.78, 5) is 14.2. The van der Waals surface area contributed by atoms with E-state index in [0.29, 0.717) is 0 Å². The number of fused-ring (bicyclic) bond motifs is 1. The number of nitrogens with zero attached hydrogens (tertiary/aromatic N) is 1. The van der Waals surface area contributed by atoms with E-state index in [1.165, 1.54) is 4.90 Å². The van der Waals surface area contributed by atoms with Crippen molar-refractivity contribution in [2.24, 2.45) is 0 Å². The number of benzene rings is 1. The van der Waals surface area contributed by atoms with Crippen LogP contribution in [0.2, 0.25) is 0 Å². The van der Waals surface area contributed by atoms with Crippen molar-refractivity contribution < 1.29 is 24.5 Å². The minimum absolute atomic E-state index is 0.266. The number of amides is 1. The third kappa shape index (κ3) is 2.45. The summed E-state index contributed by atoms with van der Waals surface area (Å²) in [5.41, 5.74) is 0.778. The minimum Gasteiger partial charge on any atom is -0.394 e. The highest BCUT2D eigenvalue weighted by molar-refractivity contribution is 5.85. The van der Waals surface area contributed by atoms with Crippen molar-refractivity contribution in [2.75, 3.05) is 6.61 Å². The first-order chi connectivity index (χ1) is 11.7. The molecule has 0 radical (unpaired) electrons. The summed E-state index contributed by atoms with van der Waals surface area (Å²) in [6, 6.07) is 8.62. The lowest BCUT2D eigenvalue weighted by Gasteiger charge is -2.36. The summed E-state index contributed by atoms with van der Waals surface area (Å²) in [7, 11) is 0. The van der Waals surface area contributed by atoms with Crippen LogP contribution in [0.5, 0.6) is 0 Å². The number of hydrogen-bond donors (Lipinski definition) is 2. The molecule has 3 aliphatic rings. The van der Waals surface area contributed by atoms with Crippen LogP contribution >= 0.6 is 0 Å². The molecule has 24 heavy (non-hydrogen) atoms. The van der Waals surface area contributed by atoms with E-state index in [2.05, 4.69) is 0 Å². The third-order valence-electron chi connectivity index (χ3n) is 5.38. The zero-order valence-corrected chi connectivity index (χ0v) is 13.5. The number of ether oxygens (including phenoxy) is 2. The molecule has 4 atom stereocenters. The second-order valence-electron chi connectivity index (χ2n) is 6.86. The molecule has 4 rings (SSSR count). The lowest BCUT2D eigenvalue weighted by molar-refractivity contribution is -0.221. The Morgan fingerprint density at radius 2 is 1.88 bits per heavy atom. The van der Waals surface area contributed by atoms with Crippen LogP contribution in [-0.2, 0) is 14.3 Å². The van der Waals surface area contributed by atoms with Gasteiger partial charge in [0.05, 0.1) is 12.6 Å². The molecule has 0 aromatic heterocycles. The zero-order valence-electron chi connectivity index (χ0n) is 13.5. The number of carbonyl (C=O) groups excluding carboxylic acids is 1. The Balaban J connectivity index is 1.57. The van der Waals surface area contributed by atoms with Gasteiger partial charge >= 0.3 is 0 Å². The second kappa shape index (κ2) is 6.11. The van der Waals surface area contributed by atoms with Gasteiger partial charge in [0, 0.05) is 12.8 Å². The number of hydrogen-bond acceptors (Lipinski definition) is 5. The highest BCUT2D eigenvalue weighted by atomic mass is 16.8. The molecule has 1 amide bonds. The van der Waals surface area contributed by atoms with E-state index in [1.54, 1.807) is 0 Å². The van der Waals surface area contributed by atoms with Crippen LogP contribution in [0, 0.1) is 0 Å². The van der Waals surface area contributed by atoms with E-state index >= 15 is 0 Å². The lowest BCUT2D eigenvalue weighted by Crippen LogP contribution is -2.45. The molecule has 6 nitrogen and oxygen atoms in total. The molecular weight excluding hydrogens is 310 g/mol. The summed E-state index contributed by atoms with van der Waals surface area (Å²) in [5.74, 6) is -1.02. The Morgan fingerprint density at radius 3 is 2.50 bits per heavy atom. The first kappa shape index (κ1) is 16.0. The van der Waals surface area contributed by atoms with Gasteiger partial charge in [-0.1, -0.05) is 36.8 Å². The summed E-state index contributed by atoms with van der Waals surface area (Å²) in [5, 5.41) is 20.5. The molecule has 1 saturated carbocycles. The average Bonchev–Trinajstić information content (AvgIpc) is 3.08. The Hall–Kier alpha value is -1.47. The Morgan fingerprint density at radius 1 is 1.17 bits per heavy atom. The van der Waals surface area contributed by atoms with Crippen LogP contribution < -0.4 is 0 Å². The van der Waals surface area contributed by atoms with Crippen molar-refractivity contribution in [2.45, 2.75) is 62.4 Å². The SMILES string of the molecule is O=C1[C@H]2OC3(CCCCC3)O[C@H]2[C@@H](O)N1[C@@H](CO)c1ccccc1. The van der Waals surface area contributed by atoms with Crippen LogP contribution in [-0.4, -0.2) is 51.8 Å². The maximum Gasteiger partial charge on any atom is 0.257 e. The maximum absolute atomic E-state index is 12.8. The van der Waals surface area contributed by atoms with Gasteiger partial charge < -0.3 is 24.6 Å². The van der Waals surface area contributed by atoms with E-state index in [4.69, 9.17) is 9.47 Å². The number of aliphatic hydroxyl groups is 2. The molecule has 2 N–H and O–H groups in total. The molecule has 2 heterocycles. The minimum atomic E-state index is -1.11. The van der Waals surface area contributed by atoms with Crippen LogP contribution in [0.25, 0.3) is 0 Å². The fraction of sp³-hybridized carbons (Fsp3) is 0.611. The monoisotopic (exact) mass is 333 g/mol. The number of rotatable bonds is 3. The number of likely N-dealkylation sites (tertiary alicyclic amines) is 1. The second-order valence-corrected chi connectivity index (χ2v) is 6.86. The predicted molar refractivity (Wildman–Crippen MR) is 84.7 cm³/mol. The van der Waals surface area contributed by atoms with Gasteiger partial charge in [0.2, 0.25) is 0 Å². The van der Waals surface area contributed by atoms with Crippen molar-refractivity contribution >= 4 is 5.91 Å². The average molecular weight is 333 g/mol. The molecule has 3 fully saturated rings. The molecule has 130 valence electrons. The molecule has 1 aromatic carbocycles. The van der Waals surface area contributed by atoms with Crippen LogP contribution in [0.1, 0.15) is 43.7 Å². The highest BCUT2D eigenvalue weighted by Crippen LogP contribution is 2.46. The van der Waals surface area contributed by atoms with Crippen molar-refractivity contribution in [3.63, 3.8) is 0 Å². The van der Waals surface area contributed by atoms with E-state index < -0.39 is 30.3 Å². The zero-order chi connectivity index (χ0) is 16.7. The third-order valence-corrected chi connectivity index (χ3v) is 5.38. The molecule has 6 heteroatoms. The Bertz CT molecular complexity index is 601. The molecule has 1 spiro atoms. The summed E-state index contributed by atoms with van der Waals surface area (Å²) in [6.45, 7) is -0.266. The van der Waals surface area contributed by atoms with Crippen LogP contribution in [0.3, 0.4) is 0 Å². The molecule has 1 aromatic rings. The standard InChI is InChI=1S/C18H23NO5/c20-11-13(12-7-3-1-4-8-12)19-16(21)14-15(17(19)22)24-18(23-14)9-5-2-6-10-18/h1,3-4,7-8,13-16,20-21H,2,5-6,9-11H2/t13-,14+,15-,16+/m0/s1. The molecule has 0 unspecified atom stereocenters. The van der Waals surface area contributed by atoms with Crippen LogP contribution in [0.4, 0.5) is 0 Å². The first-order valence-corrected chi connectivity index (χ1v) is 8.67. The van der Waals surface area contributed by atoms with E-state index in [1.807, 2.05) is 30.3 Å². The van der Waals surface area contributed by atoms with Gasteiger partial charge in [-0.3, -0.25) is 4.79 Å². The predicted octanol–water partition coefficient (Wildman–Crippen LogP) is 1.32. The Kier molecular flexibility index (Phi) is 4.08. The van der Waals surface area contributed by atoms with E-state index in [-0.39, 0.29) is 12.5 Å².